The molecule has 0 radical (unpaired) electrons. The van der Waals surface area contributed by atoms with Crippen LogP contribution in [-0.2, 0) is 40.0 Å². The zero-order valence-corrected chi connectivity index (χ0v) is 20.1. The number of nitrogens with one attached hydrogen (secondary N) is 3. The monoisotopic (exact) mass is 538 g/mol. The molecule has 0 aliphatic heterocycles. The Morgan fingerprint density at radius 1 is 0.737 bits per heavy atom. The van der Waals surface area contributed by atoms with Crippen LogP contribution in [-0.4, -0.2) is 81.0 Å². The Morgan fingerprint density at radius 2 is 1.24 bits per heavy atom. The van der Waals surface area contributed by atoms with Gasteiger partial charge in [0.25, 0.3) is 0 Å². The van der Waals surface area contributed by atoms with Crippen molar-refractivity contribution < 1.29 is 48.9 Å². The van der Waals surface area contributed by atoms with Crippen molar-refractivity contribution >= 4 is 41.5 Å². The third kappa shape index (κ3) is 11.3. The maximum Gasteiger partial charge on any atom is 0.326 e. The van der Waals surface area contributed by atoms with E-state index in [0.29, 0.717) is 5.56 Å². The van der Waals surface area contributed by atoms with Gasteiger partial charge in [-0.05, 0) is 24.1 Å². The molecule has 4 unspecified atom stereocenters. The zero-order valence-electron chi connectivity index (χ0n) is 20.1. The lowest BCUT2D eigenvalue weighted by atomic mass is 10.0. The van der Waals surface area contributed by atoms with Gasteiger partial charge in [0.2, 0.25) is 29.5 Å². The highest BCUT2D eigenvalue weighted by atomic mass is 16.4. The van der Waals surface area contributed by atoms with Gasteiger partial charge in [-0.2, -0.15) is 0 Å². The number of nitrogens with two attached hydrogens (primary N) is 3. The highest BCUT2D eigenvalue weighted by Crippen LogP contribution is 2.12. The molecule has 5 amide bonds. The predicted molar refractivity (Wildman–Crippen MR) is 128 cm³/mol. The number of aliphatic carboxylic acids is 2. The van der Waals surface area contributed by atoms with Crippen LogP contribution >= 0.6 is 0 Å². The number of carbonyl (C=O) groups is 7. The average Bonchev–Trinajstić information content (AvgIpc) is 2.81. The van der Waals surface area contributed by atoms with Crippen LogP contribution < -0.4 is 33.2 Å². The van der Waals surface area contributed by atoms with E-state index in [4.69, 9.17) is 22.3 Å². The lowest BCUT2D eigenvalue weighted by Gasteiger charge is -2.24. The summed E-state index contributed by atoms with van der Waals surface area (Å²) in [7, 11) is 0. The van der Waals surface area contributed by atoms with Crippen LogP contribution in [0.15, 0.2) is 24.3 Å². The van der Waals surface area contributed by atoms with Crippen molar-refractivity contribution in [3.63, 3.8) is 0 Å². The molecule has 208 valence electrons. The molecule has 0 saturated carbocycles. The summed E-state index contributed by atoms with van der Waals surface area (Å²) in [5.74, 6) is -8.12. The number of aromatic hydroxyl groups is 1. The SMILES string of the molecule is NC(=O)CCC(N)C(=O)NC(CC(=O)O)C(=O)NC(CC(N)=O)C(=O)NC(Cc1ccc(O)cc1)C(=O)O. The van der Waals surface area contributed by atoms with Gasteiger partial charge in [-0.15, -0.1) is 0 Å². The first-order chi connectivity index (χ1) is 17.7. The first-order valence-corrected chi connectivity index (χ1v) is 11.1. The molecule has 0 saturated heterocycles. The first kappa shape index (κ1) is 31.3. The Morgan fingerprint density at radius 3 is 1.71 bits per heavy atom. The number of carbonyl (C=O) groups excluding carboxylic acids is 5. The molecule has 16 heteroatoms. The Labute approximate surface area is 215 Å². The molecule has 1 rings (SSSR count). The average molecular weight is 539 g/mol. The summed E-state index contributed by atoms with van der Waals surface area (Å²) in [6.45, 7) is 0. The van der Waals surface area contributed by atoms with Gasteiger partial charge in [0.1, 0.15) is 23.9 Å². The number of carboxylic acid groups (broad SMARTS) is 2. The van der Waals surface area contributed by atoms with Crippen molar-refractivity contribution in [1.82, 2.24) is 16.0 Å². The number of primary amides is 2. The largest absolute Gasteiger partial charge is 0.508 e. The molecule has 0 aliphatic carbocycles. The minimum atomic E-state index is -1.75. The molecular weight excluding hydrogens is 508 g/mol. The number of hydrogen-bond donors (Lipinski definition) is 9. The van der Waals surface area contributed by atoms with Crippen LogP contribution in [0.2, 0.25) is 0 Å². The van der Waals surface area contributed by atoms with E-state index in [0.717, 1.165) is 0 Å². The minimum Gasteiger partial charge on any atom is -0.508 e. The van der Waals surface area contributed by atoms with Gasteiger partial charge in [-0.25, -0.2) is 4.79 Å². The number of benzene rings is 1. The van der Waals surface area contributed by atoms with Crippen molar-refractivity contribution in [2.75, 3.05) is 0 Å². The van der Waals surface area contributed by atoms with E-state index < -0.39 is 78.5 Å². The van der Waals surface area contributed by atoms with Crippen molar-refractivity contribution in [3.05, 3.63) is 29.8 Å². The number of carboxylic acids is 2. The summed E-state index contributed by atoms with van der Waals surface area (Å²) in [4.78, 5) is 83.1. The maximum absolute atomic E-state index is 12.8. The molecular formula is C22H30N6O10. The van der Waals surface area contributed by atoms with Gasteiger partial charge in [0, 0.05) is 12.8 Å². The molecule has 1 aromatic rings. The number of amides is 5. The smallest absolute Gasteiger partial charge is 0.326 e. The Bertz CT molecular complexity index is 1060. The van der Waals surface area contributed by atoms with E-state index in [9.17, 15) is 43.8 Å². The molecule has 0 fully saturated rings. The van der Waals surface area contributed by atoms with Crippen LogP contribution in [0.25, 0.3) is 0 Å². The summed E-state index contributed by atoms with van der Waals surface area (Å²) in [5.41, 5.74) is 16.2. The third-order valence-corrected chi connectivity index (χ3v) is 5.08. The zero-order chi connectivity index (χ0) is 29.0. The summed E-state index contributed by atoms with van der Waals surface area (Å²) < 4.78 is 0. The number of phenols is 1. The molecule has 16 nitrogen and oxygen atoms in total. The van der Waals surface area contributed by atoms with Crippen LogP contribution in [0.4, 0.5) is 0 Å². The van der Waals surface area contributed by atoms with E-state index in [1.807, 2.05) is 0 Å². The van der Waals surface area contributed by atoms with Crippen molar-refractivity contribution in [3.8, 4) is 5.75 Å². The van der Waals surface area contributed by atoms with Crippen molar-refractivity contribution in [1.29, 1.82) is 0 Å². The molecule has 0 heterocycles. The molecule has 0 bridgehead atoms. The highest BCUT2D eigenvalue weighted by Gasteiger charge is 2.32. The Kier molecular flexibility index (Phi) is 12.1. The Balaban J connectivity index is 3.02. The van der Waals surface area contributed by atoms with Crippen LogP contribution in [0.5, 0.6) is 5.75 Å². The van der Waals surface area contributed by atoms with Gasteiger partial charge in [0.15, 0.2) is 0 Å². The fourth-order valence-corrected chi connectivity index (χ4v) is 3.11. The Hall–Kier alpha value is -4.73. The van der Waals surface area contributed by atoms with Crippen LogP contribution in [0.3, 0.4) is 0 Å². The van der Waals surface area contributed by atoms with Gasteiger partial charge < -0.3 is 48.5 Å². The van der Waals surface area contributed by atoms with Gasteiger partial charge >= 0.3 is 11.9 Å². The molecule has 0 spiro atoms. The van der Waals surface area contributed by atoms with E-state index in [1.54, 1.807) is 0 Å². The third-order valence-electron chi connectivity index (χ3n) is 5.08. The molecule has 12 N–H and O–H groups in total. The predicted octanol–water partition coefficient (Wildman–Crippen LogP) is -3.58. The lowest BCUT2D eigenvalue weighted by molar-refractivity contribution is -0.143. The topological polar surface area (TPSA) is 294 Å². The highest BCUT2D eigenvalue weighted by molar-refractivity contribution is 5.97. The van der Waals surface area contributed by atoms with Gasteiger partial charge in [-0.3, -0.25) is 28.8 Å². The second kappa shape index (κ2) is 14.7. The van der Waals surface area contributed by atoms with Crippen molar-refractivity contribution in [2.24, 2.45) is 17.2 Å². The fraction of sp³-hybridized carbons (Fsp3) is 0.409. The summed E-state index contributed by atoms with van der Waals surface area (Å²) in [6, 6.07) is -0.842. The fourth-order valence-electron chi connectivity index (χ4n) is 3.11. The van der Waals surface area contributed by atoms with E-state index in [2.05, 4.69) is 16.0 Å². The van der Waals surface area contributed by atoms with E-state index >= 15 is 0 Å². The quantitative estimate of drug-likeness (QED) is 0.0990. The van der Waals surface area contributed by atoms with Gasteiger partial charge in [0.05, 0.1) is 18.9 Å². The number of phenolic OH excluding ortho intramolecular Hbond substituents is 1. The molecule has 0 aromatic heterocycles. The molecule has 38 heavy (non-hydrogen) atoms. The molecule has 1 aromatic carbocycles. The number of rotatable bonds is 16. The lowest BCUT2D eigenvalue weighted by Crippen LogP contribution is -2.58. The number of hydrogen-bond acceptors (Lipinski definition) is 9. The van der Waals surface area contributed by atoms with E-state index in [-0.39, 0.29) is 25.0 Å². The summed E-state index contributed by atoms with van der Waals surface area (Å²) in [5, 5.41) is 34.3. The minimum absolute atomic E-state index is 0.0641. The maximum atomic E-state index is 12.8. The second-order valence-corrected chi connectivity index (χ2v) is 8.27. The van der Waals surface area contributed by atoms with Gasteiger partial charge in [-0.1, -0.05) is 12.1 Å². The van der Waals surface area contributed by atoms with Crippen molar-refractivity contribution in [2.45, 2.75) is 56.3 Å². The second-order valence-electron chi connectivity index (χ2n) is 8.27. The molecule has 0 aliphatic rings. The molecule has 4 atom stereocenters. The normalized spacial score (nSPS) is 13.7. The summed E-state index contributed by atoms with van der Waals surface area (Å²) >= 11 is 0. The first-order valence-electron chi connectivity index (χ1n) is 11.1. The van der Waals surface area contributed by atoms with Crippen LogP contribution in [0, 0.1) is 0 Å². The summed E-state index contributed by atoms with van der Waals surface area (Å²) in [6.07, 6.45) is -2.38. The van der Waals surface area contributed by atoms with Crippen LogP contribution in [0.1, 0.15) is 31.2 Å². The van der Waals surface area contributed by atoms with E-state index in [1.165, 1.54) is 24.3 Å². The standard InChI is InChI=1S/C22H30N6O10/c23-12(5-6-16(24)30)19(34)26-14(9-18(32)33)21(36)27-13(8-17(25)31)20(35)28-15(22(37)38)7-10-1-3-11(29)4-2-10/h1-4,12-15,29H,5-9,23H2,(H2,24,30)(H2,25,31)(H,26,34)(H,27,36)(H,28,35)(H,32,33)(H,37,38).